The van der Waals surface area contributed by atoms with Crippen molar-refractivity contribution in [3.8, 4) is 0 Å². The number of fused-ring (bicyclic) bond motifs is 1. The number of thiophene rings is 1. The number of hydrogen-bond acceptors (Lipinski definition) is 5. The molecule has 0 spiro atoms. The smallest absolute Gasteiger partial charge is 0.329 e. The summed E-state index contributed by atoms with van der Waals surface area (Å²) in [7, 11) is 1.85. The molecule has 0 aliphatic rings. The van der Waals surface area contributed by atoms with Gasteiger partial charge in [-0.3, -0.25) is 4.79 Å². The summed E-state index contributed by atoms with van der Waals surface area (Å²) in [5.74, 6) is -0.00907. The minimum absolute atomic E-state index is 0.287. The minimum atomic E-state index is -4.57. The molecule has 1 N–H and O–H groups in total. The number of halogens is 3. The summed E-state index contributed by atoms with van der Waals surface area (Å²) in [5, 5.41) is 3.09. The molecule has 0 aliphatic carbocycles. The molecule has 4 aromatic rings. The Morgan fingerprint density at radius 3 is 2.42 bits per heavy atom. The van der Waals surface area contributed by atoms with Crippen molar-refractivity contribution in [2.45, 2.75) is 13.1 Å². The van der Waals surface area contributed by atoms with Crippen LogP contribution >= 0.6 is 11.3 Å². The summed E-state index contributed by atoms with van der Waals surface area (Å²) in [6.07, 6.45) is -3.16. The number of nitrogens with one attached hydrogen (secondary N) is 1. The number of carbonyl (C=O) groups excluding carboxylic acids is 1. The second-order valence-corrected chi connectivity index (χ2v) is 7.82. The van der Waals surface area contributed by atoms with Gasteiger partial charge in [0.25, 0.3) is 5.91 Å². The maximum absolute atomic E-state index is 13.3. The van der Waals surface area contributed by atoms with E-state index < -0.39 is 17.6 Å². The molecule has 158 valence electrons. The number of para-hydroxylation sites is 2. The Balaban J connectivity index is 1.74. The van der Waals surface area contributed by atoms with Crippen LogP contribution in [0.3, 0.4) is 0 Å². The predicted molar refractivity (Wildman–Crippen MR) is 116 cm³/mol. The fourth-order valence-electron chi connectivity index (χ4n) is 3.32. The highest BCUT2D eigenvalue weighted by Crippen LogP contribution is 2.38. The van der Waals surface area contributed by atoms with Gasteiger partial charge in [0.15, 0.2) is 0 Å². The molecule has 2 heterocycles. The Labute approximate surface area is 180 Å². The molecule has 4 rings (SSSR count). The van der Waals surface area contributed by atoms with E-state index in [0.29, 0.717) is 21.6 Å². The predicted octanol–water partition coefficient (Wildman–Crippen LogP) is 6.04. The summed E-state index contributed by atoms with van der Waals surface area (Å²) in [6.45, 7) is 1.75. The van der Waals surface area contributed by atoms with Gasteiger partial charge in [0.1, 0.15) is 17.0 Å². The van der Waals surface area contributed by atoms with Crippen LogP contribution in [0, 0.1) is 6.92 Å². The van der Waals surface area contributed by atoms with Crippen LogP contribution in [0.25, 0.3) is 10.2 Å². The topological polar surface area (TPSA) is 58.1 Å². The highest BCUT2D eigenvalue weighted by molar-refractivity contribution is 7.20. The first-order valence-electron chi connectivity index (χ1n) is 9.28. The van der Waals surface area contributed by atoms with Crippen molar-refractivity contribution >= 4 is 44.7 Å². The van der Waals surface area contributed by atoms with Crippen molar-refractivity contribution in [3.63, 3.8) is 0 Å². The first-order chi connectivity index (χ1) is 14.8. The molecule has 9 heteroatoms. The number of hydrogen-bond donors (Lipinski definition) is 1. The monoisotopic (exact) mass is 442 g/mol. The highest BCUT2D eigenvalue weighted by atomic mass is 32.1. The van der Waals surface area contributed by atoms with Crippen molar-refractivity contribution in [1.29, 1.82) is 0 Å². The van der Waals surface area contributed by atoms with Crippen LogP contribution in [-0.2, 0) is 6.18 Å². The highest BCUT2D eigenvalue weighted by Gasteiger charge is 2.34. The largest absolute Gasteiger partial charge is 0.418 e. The molecule has 0 saturated carbocycles. The Morgan fingerprint density at radius 1 is 1.03 bits per heavy atom. The average molecular weight is 442 g/mol. The molecule has 2 aromatic carbocycles. The third kappa shape index (κ3) is 3.96. The number of nitrogens with zero attached hydrogens (tertiary/aromatic N) is 3. The molecule has 0 unspecified atom stereocenters. The van der Waals surface area contributed by atoms with E-state index in [4.69, 9.17) is 0 Å². The molecule has 1 amide bonds. The molecular weight excluding hydrogens is 425 g/mol. The third-order valence-electron chi connectivity index (χ3n) is 4.85. The molecular formula is C22H17F3N4OS. The van der Waals surface area contributed by atoms with Crippen molar-refractivity contribution in [2.75, 3.05) is 17.3 Å². The summed E-state index contributed by atoms with van der Waals surface area (Å²) >= 11 is 1.12. The van der Waals surface area contributed by atoms with Gasteiger partial charge in [-0.05, 0) is 36.8 Å². The van der Waals surface area contributed by atoms with E-state index in [1.807, 2.05) is 42.3 Å². The zero-order chi connectivity index (χ0) is 22.2. The lowest BCUT2D eigenvalue weighted by atomic mass is 10.1. The Morgan fingerprint density at radius 2 is 1.71 bits per heavy atom. The molecule has 0 aliphatic heterocycles. The van der Waals surface area contributed by atoms with E-state index >= 15 is 0 Å². The Bertz CT molecular complexity index is 1250. The van der Waals surface area contributed by atoms with Crippen LogP contribution in [0.1, 0.15) is 20.8 Å². The zero-order valence-corrected chi connectivity index (χ0v) is 17.4. The molecule has 0 saturated heterocycles. The van der Waals surface area contributed by atoms with Gasteiger partial charge in [-0.25, -0.2) is 9.97 Å². The average Bonchev–Trinajstić information content (AvgIpc) is 3.10. The van der Waals surface area contributed by atoms with Gasteiger partial charge in [0, 0.05) is 12.7 Å². The van der Waals surface area contributed by atoms with Crippen molar-refractivity contribution in [1.82, 2.24) is 9.97 Å². The summed E-state index contributed by atoms with van der Waals surface area (Å²) in [4.78, 5) is 24.3. The van der Waals surface area contributed by atoms with Gasteiger partial charge >= 0.3 is 6.18 Å². The number of amides is 1. The summed E-state index contributed by atoms with van der Waals surface area (Å²) in [6, 6.07) is 14.5. The van der Waals surface area contributed by atoms with Gasteiger partial charge in [-0.15, -0.1) is 11.3 Å². The van der Waals surface area contributed by atoms with E-state index in [1.54, 1.807) is 6.92 Å². The molecule has 0 atom stereocenters. The second-order valence-electron chi connectivity index (χ2n) is 6.83. The third-order valence-corrected chi connectivity index (χ3v) is 6.05. The fraction of sp³-hybridized carbons (Fsp3) is 0.136. The van der Waals surface area contributed by atoms with Crippen molar-refractivity contribution in [2.24, 2.45) is 0 Å². The van der Waals surface area contributed by atoms with Crippen molar-refractivity contribution in [3.05, 3.63) is 76.9 Å². The number of alkyl halides is 3. The molecule has 5 nitrogen and oxygen atoms in total. The number of aryl methyl sites for hydroxylation is 1. The molecule has 31 heavy (non-hydrogen) atoms. The number of benzene rings is 2. The second kappa shape index (κ2) is 7.99. The van der Waals surface area contributed by atoms with Crippen LogP contribution < -0.4 is 10.2 Å². The van der Waals surface area contributed by atoms with E-state index in [2.05, 4.69) is 15.3 Å². The van der Waals surface area contributed by atoms with E-state index in [1.165, 1.54) is 24.5 Å². The molecule has 0 radical (unpaired) electrons. The lowest BCUT2D eigenvalue weighted by Crippen LogP contribution is -2.16. The standard InChI is InChI=1S/C22H17F3N4OS/c1-13-17-19(29(2)14-8-4-3-5-9-14)26-12-27-21(17)31-18(13)20(30)28-16-11-7-6-10-15(16)22(23,24)25/h3-12H,1-2H3,(H,28,30). The van der Waals surface area contributed by atoms with Gasteiger partial charge in [0.05, 0.1) is 21.5 Å². The fourth-order valence-corrected chi connectivity index (χ4v) is 4.35. The van der Waals surface area contributed by atoms with E-state index in [0.717, 1.165) is 23.1 Å². The SMILES string of the molecule is Cc1c(C(=O)Nc2ccccc2C(F)(F)F)sc2ncnc(N(C)c3ccccc3)c12. The number of rotatable bonds is 4. The lowest BCUT2D eigenvalue weighted by Gasteiger charge is -2.19. The first-order valence-corrected chi connectivity index (χ1v) is 10.1. The normalized spacial score (nSPS) is 11.5. The van der Waals surface area contributed by atoms with Crippen LogP contribution in [0.5, 0.6) is 0 Å². The van der Waals surface area contributed by atoms with Gasteiger partial charge < -0.3 is 10.2 Å². The maximum Gasteiger partial charge on any atom is 0.418 e. The number of aromatic nitrogens is 2. The van der Waals surface area contributed by atoms with Crippen LogP contribution in [0.2, 0.25) is 0 Å². The first kappa shape index (κ1) is 20.8. The van der Waals surface area contributed by atoms with Crippen molar-refractivity contribution < 1.29 is 18.0 Å². The zero-order valence-electron chi connectivity index (χ0n) is 16.6. The van der Waals surface area contributed by atoms with Gasteiger partial charge in [-0.2, -0.15) is 13.2 Å². The van der Waals surface area contributed by atoms with Gasteiger partial charge in [0.2, 0.25) is 0 Å². The van der Waals surface area contributed by atoms with Gasteiger partial charge in [-0.1, -0.05) is 30.3 Å². The molecule has 0 fully saturated rings. The van der Waals surface area contributed by atoms with E-state index in [9.17, 15) is 18.0 Å². The minimum Gasteiger partial charge on any atom is -0.329 e. The maximum atomic E-state index is 13.3. The lowest BCUT2D eigenvalue weighted by molar-refractivity contribution is -0.136. The van der Waals surface area contributed by atoms with Crippen LogP contribution in [-0.4, -0.2) is 22.9 Å². The number of carbonyl (C=O) groups is 1. The molecule has 0 bridgehead atoms. The quantitative estimate of drug-likeness (QED) is 0.419. The van der Waals surface area contributed by atoms with Crippen LogP contribution in [0.15, 0.2) is 60.9 Å². The summed E-state index contributed by atoms with van der Waals surface area (Å²) < 4.78 is 39.8. The Kier molecular flexibility index (Phi) is 5.36. The number of anilines is 3. The summed E-state index contributed by atoms with van der Waals surface area (Å²) in [5.41, 5.74) is 0.328. The van der Waals surface area contributed by atoms with Crippen LogP contribution in [0.4, 0.5) is 30.4 Å². The molecule has 2 aromatic heterocycles. The van der Waals surface area contributed by atoms with E-state index in [-0.39, 0.29) is 10.6 Å². The Hall–Kier alpha value is -3.46.